The number of rotatable bonds is 6. The lowest BCUT2D eigenvalue weighted by Gasteiger charge is -2.20. The van der Waals surface area contributed by atoms with Gasteiger partial charge in [-0.05, 0) is 43.3 Å². The summed E-state index contributed by atoms with van der Waals surface area (Å²) in [6.45, 7) is 1.93. The maximum Gasteiger partial charge on any atom is 0.416 e. The van der Waals surface area contributed by atoms with Gasteiger partial charge in [0.25, 0.3) is 5.91 Å². The molecule has 0 saturated heterocycles. The number of pyridine rings is 1. The molecule has 0 fully saturated rings. The smallest absolute Gasteiger partial charge is 0.354 e. The van der Waals surface area contributed by atoms with E-state index in [-0.39, 0.29) is 29.2 Å². The van der Waals surface area contributed by atoms with Gasteiger partial charge in [0.15, 0.2) is 0 Å². The van der Waals surface area contributed by atoms with Gasteiger partial charge in [-0.1, -0.05) is 18.2 Å². The molecule has 2 aromatic carbocycles. The molecule has 0 aliphatic heterocycles. The third-order valence-electron chi connectivity index (χ3n) is 4.27. The van der Waals surface area contributed by atoms with Crippen LogP contribution < -0.4 is 21.3 Å². The number of anilines is 4. The molecule has 0 spiro atoms. The zero-order chi connectivity index (χ0) is 23.1. The molecule has 3 amide bonds. The summed E-state index contributed by atoms with van der Waals surface area (Å²) in [4.78, 5) is 28.7. The summed E-state index contributed by atoms with van der Waals surface area (Å²) < 4.78 is 40.7. The van der Waals surface area contributed by atoms with Gasteiger partial charge in [-0.25, -0.2) is 4.79 Å². The van der Waals surface area contributed by atoms with E-state index in [9.17, 15) is 22.8 Å². The van der Waals surface area contributed by atoms with Crippen LogP contribution in [0.3, 0.4) is 0 Å². The third kappa shape index (κ3) is 5.75. The van der Waals surface area contributed by atoms with Gasteiger partial charge in [-0.3, -0.25) is 9.78 Å². The molecule has 0 atom stereocenters. The minimum Gasteiger partial charge on any atom is -0.354 e. The molecule has 166 valence electrons. The van der Waals surface area contributed by atoms with Gasteiger partial charge < -0.3 is 21.3 Å². The molecule has 0 radical (unpaired) electrons. The van der Waals surface area contributed by atoms with Crippen LogP contribution in [0.2, 0.25) is 0 Å². The summed E-state index contributed by atoms with van der Waals surface area (Å²) in [6.07, 6.45) is -1.88. The first-order valence-corrected chi connectivity index (χ1v) is 9.61. The summed E-state index contributed by atoms with van der Waals surface area (Å²) in [5, 5.41) is 10.3. The average Bonchev–Trinajstić information content (AvgIpc) is 2.76. The number of urea groups is 1. The van der Waals surface area contributed by atoms with E-state index < -0.39 is 23.7 Å². The van der Waals surface area contributed by atoms with Crippen molar-refractivity contribution >= 4 is 34.7 Å². The Morgan fingerprint density at radius 2 is 1.69 bits per heavy atom. The van der Waals surface area contributed by atoms with Crippen LogP contribution in [0.25, 0.3) is 0 Å². The Morgan fingerprint density at radius 1 is 0.969 bits per heavy atom. The number of aromatic nitrogens is 1. The maximum absolute atomic E-state index is 13.6. The molecule has 7 nitrogen and oxygen atoms in total. The van der Waals surface area contributed by atoms with Gasteiger partial charge in [0.2, 0.25) is 0 Å². The van der Waals surface area contributed by atoms with E-state index >= 15 is 0 Å². The fraction of sp³-hybridized carbons (Fsp3) is 0.136. The fourth-order valence-electron chi connectivity index (χ4n) is 2.82. The van der Waals surface area contributed by atoms with Crippen molar-refractivity contribution in [2.24, 2.45) is 0 Å². The predicted molar refractivity (Wildman–Crippen MR) is 116 cm³/mol. The zero-order valence-corrected chi connectivity index (χ0v) is 17.0. The van der Waals surface area contributed by atoms with Gasteiger partial charge in [0.1, 0.15) is 0 Å². The first kappa shape index (κ1) is 22.6. The quantitative estimate of drug-likeness (QED) is 0.419. The zero-order valence-electron chi connectivity index (χ0n) is 17.0. The lowest BCUT2D eigenvalue weighted by Crippen LogP contribution is -2.29. The number of carbonyl (C=O) groups excluding carboxylic acids is 2. The van der Waals surface area contributed by atoms with Crippen molar-refractivity contribution in [1.82, 2.24) is 10.3 Å². The van der Waals surface area contributed by atoms with Gasteiger partial charge in [-0.2, -0.15) is 13.2 Å². The first-order chi connectivity index (χ1) is 15.3. The number of hydrogen-bond acceptors (Lipinski definition) is 4. The number of carbonyl (C=O) groups is 2. The van der Waals surface area contributed by atoms with Crippen molar-refractivity contribution in [1.29, 1.82) is 0 Å². The first-order valence-electron chi connectivity index (χ1n) is 9.61. The summed E-state index contributed by atoms with van der Waals surface area (Å²) in [6, 6.07) is 12.5. The fourth-order valence-corrected chi connectivity index (χ4v) is 2.82. The third-order valence-corrected chi connectivity index (χ3v) is 4.27. The highest BCUT2D eigenvalue weighted by Crippen LogP contribution is 2.40. The number of alkyl halides is 3. The monoisotopic (exact) mass is 443 g/mol. The molecule has 0 aliphatic rings. The molecule has 4 N–H and O–H groups in total. The minimum absolute atomic E-state index is 0.0260. The molecule has 1 aromatic heterocycles. The number of amides is 3. The minimum atomic E-state index is -4.68. The van der Waals surface area contributed by atoms with Gasteiger partial charge in [0.05, 0.1) is 28.2 Å². The molecule has 0 aliphatic carbocycles. The van der Waals surface area contributed by atoms with Gasteiger partial charge >= 0.3 is 12.2 Å². The Morgan fingerprint density at radius 3 is 2.31 bits per heavy atom. The largest absolute Gasteiger partial charge is 0.416 e. The van der Waals surface area contributed by atoms with Crippen molar-refractivity contribution in [2.75, 3.05) is 22.5 Å². The Labute approximate surface area is 182 Å². The Kier molecular flexibility index (Phi) is 6.93. The number of para-hydroxylation sites is 1. The number of nitrogens with one attached hydrogen (secondary N) is 4. The van der Waals surface area contributed by atoms with Crippen molar-refractivity contribution < 1.29 is 22.8 Å². The second-order valence-electron chi connectivity index (χ2n) is 6.62. The molecule has 0 bridgehead atoms. The van der Waals surface area contributed by atoms with Crippen LogP contribution in [0, 0.1) is 0 Å². The van der Waals surface area contributed by atoms with Crippen molar-refractivity contribution in [2.45, 2.75) is 13.1 Å². The molecular formula is C22H20F3N5O2. The summed E-state index contributed by atoms with van der Waals surface area (Å²) >= 11 is 0. The number of halogens is 3. The molecule has 0 saturated carbocycles. The Balaban J connectivity index is 2.11. The second-order valence-corrected chi connectivity index (χ2v) is 6.62. The van der Waals surface area contributed by atoms with Gasteiger partial charge in [-0.15, -0.1) is 0 Å². The normalized spacial score (nSPS) is 10.9. The molecule has 3 rings (SSSR count). The van der Waals surface area contributed by atoms with Crippen molar-refractivity contribution in [3.8, 4) is 0 Å². The van der Waals surface area contributed by atoms with E-state index in [1.807, 2.05) is 0 Å². The highest BCUT2D eigenvalue weighted by molar-refractivity contribution is 6.10. The lowest BCUT2D eigenvalue weighted by atomic mass is 10.1. The van der Waals surface area contributed by atoms with E-state index in [2.05, 4.69) is 26.3 Å². The van der Waals surface area contributed by atoms with Crippen molar-refractivity contribution in [3.05, 3.63) is 78.1 Å². The topological polar surface area (TPSA) is 95.1 Å². The molecule has 32 heavy (non-hydrogen) atoms. The summed E-state index contributed by atoms with van der Waals surface area (Å²) in [5.41, 5.74) is -0.602. The van der Waals surface area contributed by atoms with E-state index in [1.54, 1.807) is 43.3 Å². The number of hydrogen-bond donors (Lipinski definition) is 4. The van der Waals surface area contributed by atoms with Crippen LogP contribution in [0.15, 0.2) is 67.0 Å². The predicted octanol–water partition coefficient (Wildman–Crippen LogP) is 5.24. The average molecular weight is 443 g/mol. The molecule has 3 aromatic rings. The molecule has 0 unspecified atom stereocenters. The van der Waals surface area contributed by atoms with E-state index in [4.69, 9.17) is 0 Å². The maximum atomic E-state index is 13.6. The SMILES string of the molecule is CCNC(=O)Nc1cc(C(F)(F)F)cc(Nc2ccccc2)c1NC(=O)c1cccnc1. The van der Waals surface area contributed by atoms with E-state index in [0.717, 1.165) is 12.1 Å². The van der Waals surface area contributed by atoms with Crippen LogP contribution in [-0.4, -0.2) is 23.5 Å². The standard InChI is InChI=1S/C22H20F3N5O2/c1-2-27-21(32)29-18-12-15(22(23,24)25)11-17(28-16-8-4-3-5-9-16)19(18)30-20(31)14-7-6-10-26-13-14/h3-13,28H,2H2,1H3,(H,30,31)(H2,27,29,32). The molecular weight excluding hydrogens is 423 g/mol. The summed E-state index contributed by atoms with van der Waals surface area (Å²) in [7, 11) is 0. The van der Waals surface area contributed by atoms with E-state index in [1.165, 1.54) is 18.5 Å². The van der Waals surface area contributed by atoms with Gasteiger partial charge in [0, 0.05) is 24.6 Å². The number of benzene rings is 2. The second kappa shape index (κ2) is 9.82. The molecule has 1 heterocycles. The molecule has 10 heteroatoms. The van der Waals surface area contributed by atoms with Crippen LogP contribution in [0.4, 0.5) is 40.7 Å². The Bertz CT molecular complexity index is 1090. The Hall–Kier alpha value is -4.08. The van der Waals surface area contributed by atoms with Crippen LogP contribution in [0.5, 0.6) is 0 Å². The van der Waals surface area contributed by atoms with Crippen molar-refractivity contribution in [3.63, 3.8) is 0 Å². The highest BCUT2D eigenvalue weighted by atomic mass is 19.4. The lowest BCUT2D eigenvalue weighted by molar-refractivity contribution is -0.137. The summed E-state index contributed by atoms with van der Waals surface area (Å²) in [5.74, 6) is -0.604. The van der Waals surface area contributed by atoms with Crippen LogP contribution in [0.1, 0.15) is 22.8 Å². The highest BCUT2D eigenvalue weighted by Gasteiger charge is 2.33. The van der Waals surface area contributed by atoms with Crippen LogP contribution in [-0.2, 0) is 6.18 Å². The number of nitrogens with zero attached hydrogens (tertiary/aromatic N) is 1. The van der Waals surface area contributed by atoms with E-state index in [0.29, 0.717) is 5.69 Å². The van der Waals surface area contributed by atoms with Crippen LogP contribution >= 0.6 is 0 Å².